The molecule has 1 aromatic carbocycles. The largest absolute Gasteiger partial charge is 0.397 e. The fraction of sp³-hybridized carbons (Fsp3) is 0.538. The Morgan fingerprint density at radius 2 is 1.94 bits per heavy atom. The molecule has 0 saturated carbocycles. The number of anilines is 2. The number of hydrogen-bond donors (Lipinski definition) is 1. The number of rotatable bonds is 3. The molecule has 88 valence electrons. The first kappa shape index (κ1) is 11.8. The summed E-state index contributed by atoms with van der Waals surface area (Å²) in [5.74, 6) is 0. The Labute approximate surface area is 106 Å². The van der Waals surface area contributed by atoms with Gasteiger partial charge in [0.05, 0.1) is 11.4 Å². The second kappa shape index (κ2) is 4.28. The van der Waals surface area contributed by atoms with Gasteiger partial charge in [-0.1, -0.05) is 29.8 Å². The average molecular weight is 283 g/mol. The third-order valence-electron chi connectivity index (χ3n) is 3.88. The minimum Gasteiger partial charge on any atom is -0.397 e. The van der Waals surface area contributed by atoms with Gasteiger partial charge in [0.15, 0.2) is 0 Å². The predicted octanol–water partition coefficient (Wildman–Crippen LogP) is 3.66. The van der Waals surface area contributed by atoms with E-state index in [4.69, 9.17) is 5.73 Å². The molecule has 16 heavy (non-hydrogen) atoms. The normalized spacial score (nSPS) is 18.3. The molecular formula is C13H19BrN2. The van der Waals surface area contributed by atoms with Crippen LogP contribution in [0.2, 0.25) is 0 Å². The minimum atomic E-state index is 0.527. The lowest BCUT2D eigenvalue weighted by molar-refractivity contribution is 0.195. The Bertz CT molecular complexity index is 378. The van der Waals surface area contributed by atoms with Crippen molar-refractivity contribution < 1.29 is 0 Å². The summed E-state index contributed by atoms with van der Waals surface area (Å²) in [6.07, 6.45) is 2.52. The van der Waals surface area contributed by atoms with Gasteiger partial charge in [0.1, 0.15) is 0 Å². The molecule has 1 heterocycles. The highest BCUT2D eigenvalue weighted by atomic mass is 79.9. The summed E-state index contributed by atoms with van der Waals surface area (Å²) in [4.78, 5) is 2.38. The van der Waals surface area contributed by atoms with Crippen LogP contribution in [0.15, 0.2) is 22.7 Å². The summed E-state index contributed by atoms with van der Waals surface area (Å²) in [6.45, 7) is 6.86. The molecule has 0 bridgehead atoms. The van der Waals surface area contributed by atoms with E-state index in [2.05, 4.69) is 46.8 Å². The van der Waals surface area contributed by atoms with Crippen LogP contribution in [-0.4, -0.2) is 13.1 Å². The smallest absolute Gasteiger partial charge is 0.0601 e. The van der Waals surface area contributed by atoms with E-state index in [9.17, 15) is 0 Å². The quantitative estimate of drug-likeness (QED) is 0.858. The first-order valence-electron chi connectivity index (χ1n) is 5.90. The number of nitrogen functional groups attached to an aromatic ring is 1. The van der Waals surface area contributed by atoms with Crippen molar-refractivity contribution in [3.63, 3.8) is 0 Å². The monoisotopic (exact) mass is 282 g/mol. The van der Waals surface area contributed by atoms with Crippen LogP contribution in [0, 0.1) is 5.41 Å². The van der Waals surface area contributed by atoms with Crippen molar-refractivity contribution >= 4 is 27.3 Å². The van der Waals surface area contributed by atoms with Gasteiger partial charge >= 0.3 is 0 Å². The van der Waals surface area contributed by atoms with E-state index in [1.165, 1.54) is 18.5 Å². The van der Waals surface area contributed by atoms with Gasteiger partial charge in [-0.25, -0.2) is 0 Å². The zero-order valence-electron chi connectivity index (χ0n) is 9.96. The van der Waals surface area contributed by atoms with Gasteiger partial charge in [0, 0.05) is 23.0 Å². The van der Waals surface area contributed by atoms with E-state index >= 15 is 0 Å². The molecule has 0 amide bonds. The fourth-order valence-electron chi connectivity index (χ4n) is 2.44. The zero-order chi connectivity index (χ0) is 11.8. The van der Waals surface area contributed by atoms with Crippen LogP contribution in [0.1, 0.15) is 26.7 Å². The lowest BCUT2D eigenvalue weighted by Gasteiger charge is -2.51. The van der Waals surface area contributed by atoms with E-state index in [1.807, 2.05) is 6.07 Å². The summed E-state index contributed by atoms with van der Waals surface area (Å²) < 4.78 is 1.05. The maximum atomic E-state index is 6.03. The lowest BCUT2D eigenvalue weighted by Crippen LogP contribution is -2.56. The van der Waals surface area contributed by atoms with Crippen LogP contribution in [-0.2, 0) is 0 Å². The Hall–Kier alpha value is -0.700. The van der Waals surface area contributed by atoms with Gasteiger partial charge in [-0.3, -0.25) is 0 Å². The summed E-state index contributed by atoms with van der Waals surface area (Å²) in [7, 11) is 0. The van der Waals surface area contributed by atoms with E-state index in [0.29, 0.717) is 5.41 Å². The molecule has 1 aliphatic heterocycles. The van der Waals surface area contributed by atoms with Gasteiger partial charge in [0.2, 0.25) is 0 Å². The molecule has 2 rings (SSSR count). The summed E-state index contributed by atoms with van der Waals surface area (Å²) in [6, 6.07) is 6.14. The third-order valence-corrected chi connectivity index (χ3v) is 4.38. The van der Waals surface area contributed by atoms with Crippen molar-refractivity contribution in [3.05, 3.63) is 22.7 Å². The van der Waals surface area contributed by atoms with Gasteiger partial charge in [0.25, 0.3) is 0 Å². The molecule has 3 heteroatoms. The molecule has 1 fully saturated rings. The van der Waals surface area contributed by atoms with Crippen LogP contribution < -0.4 is 10.6 Å². The highest BCUT2D eigenvalue weighted by Gasteiger charge is 2.40. The maximum Gasteiger partial charge on any atom is 0.0601 e. The van der Waals surface area contributed by atoms with Crippen molar-refractivity contribution in [1.29, 1.82) is 0 Å². The van der Waals surface area contributed by atoms with Crippen molar-refractivity contribution in [2.24, 2.45) is 5.41 Å². The highest BCUT2D eigenvalue weighted by molar-refractivity contribution is 9.10. The molecule has 1 aliphatic rings. The second-order valence-electron chi connectivity index (χ2n) is 4.77. The predicted molar refractivity (Wildman–Crippen MR) is 73.8 cm³/mol. The Morgan fingerprint density at radius 3 is 2.44 bits per heavy atom. The molecule has 1 saturated heterocycles. The summed E-state index contributed by atoms with van der Waals surface area (Å²) in [5, 5.41) is 0. The molecule has 0 aromatic heterocycles. The van der Waals surface area contributed by atoms with Gasteiger partial charge in [-0.05, 0) is 31.0 Å². The van der Waals surface area contributed by atoms with Crippen molar-refractivity contribution in [2.75, 3.05) is 23.7 Å². The second-order valence-corrected chi connectivity index (χ2v) is 5.68. The summed E-state index contributed by atoms with van der Waals surface area (Å²) in [5.41, 5.74) is 8.61. The van der Waals surface area contributed by atoms with Gasteiger partial charge in [-0.2, -0.15) is 0 Å². The minimum absolute atomic E-state index is 0.527. The van der Waals surface area contributed by atoms with E-state index in [1.54, 1.807) is 0 Å². The topological polar surface area (TPSA) is 29.3 Å². The molecule has 0 spiro atoms. The number of halogens is 1. The lowest BCUT2D eigenvalue weighted by atomic mass is 9.75. The van der Waals surface area contributed by atoms with Crippen molar-refractivity contribution in [2.45, 2.75) is 26.7 Å². The molecule has 1 aromatic rings. The Morgan fingerprint density at radius 1 is 1.31 bits per heavy atom. The number of hydrogen-bond acceptors (Lipinski definition) is 2. The van der Waals surface area contributed by atoms with E-state index < -0.39 is 0 Å². The maximum absolute atomic E-state index is 6.03. The molecule has 0 unspecified atom stereocenters. The van der Waals surface area contributed by atoms with Crippen LogP contribution in [0.3, 0.4) is 0 Å². The molecule has 0 atom stereocenters. The van der Waals surface area contributed by atoms with Crippen molar-refractivity contribution in [3.8, 4) is 0 Å². The Kier molecular flexibility index (Phi) is 3.15. The van der Waals surface area contributed by atoms with Crippen LogP contribution in [0.5, 0.6) is 0 Å². The average Bonchev–Trinajstić information content (AvgIpc) is 2.20. The van der Waals surface area contributed by atoms with E-state index in [-0.39, 0.29) is 0 Å². The molecular weight excluding hydrogens is 264 g/mol. The van der Waals surface area contributed by atoms with Crippen LogP contribution >= 0.6 is 15.9 Å². The van der Waals surface area contributed by atoms with Crippen molar-refractivity contribution in [1.82, 2.24) is 0 Å². The van der Waals surface area contributed by atoms with E-state index in [0.717, 1.165) is 23.2 Å². The fourth-order valence-corrected chi connectivity index (χ4v) is 2.82. The van der Waals surface area contributed by atoms with Gasteiger partial charge < -0.3 is 10.6 Å². The highest BCUT2D eigenvalue weighted by Crippen LogP contribution is 2.41. The van der Waals surface area contributed by atoms with Gasteiger partial charge in [-0.15, -0.1) is 0 Å². The standard InChI is InChI=1S/C13H19BrN2/c1-3-13(4-2)8-16(9-13)12-6-5-10(14)7-11(12)15/h5-7H,3-4,8-9,15H2,1-2H3. The first-order chi connectivity index (χ1) is 7.60. The summed E-state index contributed by atoms with van der Waals surface area (Å²) >= 11 is 3.44. The molecule has 0 radical (unpaired) electrons. The molecule has 2 nitrogen and oxygen atoms in total. The third kappa shape index (κ3) is 1.93. The SMILES string of the molecule is CCC1(CC)CN(c2ccc(Br)cc2N)C1. The zero-order valence-corrected chi connectivity index (χ0v) is 11.5. The van der Waals surface area contributed by atoms with Crippen LogP contribution in [0.25, 0.3) is 0 Å². The molecule has 0 aliphatic carbocycles. The number of nitrogens with zero attached hydrogens (tertiary/aromatic N) is 1. The number of benzene rings is 1. The van der Waals surface area contributed by atoms with Crippen LogP contribution in [0.4, 0.5) is 11.4 Å². The molecule has 2 N–H and O–H groups in total. The Balaban J connectivity index is 2.12. The first-order valence-corrected chi connectivity index (χ1v) is 6.69. The number of nitrogens with two attached hydrogens (primary N) is 1.